The molecule has 0 saturated heterocycles. The van der Waals surface area contributed by atoms with Crippen molar-refractivity contribution in [2.24, 2.45) is 4.99 Å². The summed E-state index contributed by atoms with van der Waals surface area (Å²) in [6, 6.07) is 24.4. The summed E-state index contributed by atoms with van der Waals surface area (Å²) >= 11 is 0. The summed E-state index contributed by atoms with van der Waals surface area (Å²) < 4.78 is 1.81. The van der Waals surface area contributed by atoms with Crippen LogP contribution < -0.4 is 0 Å². The minimum Gasteiger partial charge on any atom is -0.229 e. The Bertz CT molecular complexity index is 1040. The number of hydrogen-bond donors (Lipinski definition) is 0. The van der Waals surface area contributed by atoms with Gasteiger partial charge in [-0.1, -0.05) is 64.9 Å². The number of para-hydroxylation sites is 1. The predicted octanol–water partition coefficient (Wildman–Crippen LogP) is 4.67. The van der Waals surface area contributed by atoms with Crippen molar-refractivity contribution in [2.75, 3.05) is 0 Å². The highest BCUT2D eigenvalue weighted by atomic mass is 15.4. The number of aryl methyl sites for hydroxylation is 2. The molecule has 1 heterocycles. The molecule has 0 bridgehead atoms. The Labute approximate surface area is 146 Å². The Morgan fingerprint density at radius 3 is 2.16 bits per heavy atom. The molecule has 0 spiro atoms. The van der Waals surface area contributed by atoms with E-state index in [0.717, 1.165) is 28.1 Å². The lowest BCUT2D eigenvalue weighted by molar-refractivity contribution is 0.861. The summed E-state index contributed by atoms with van der Waals surface area (Å²) in [5.41, 5.74) is 6.10. The fraction of sp³-hybridized carbons (Fsp3) is 0.0952. The van der Waals surface area contributed by atoms with Crippen LogP contribution in [0.3, 0.4) is 0 Å². The highest BCUT2D eigenvalue weighted by Gasteiger charge is 2.12. The lowest BCUT2D eigenvalue weighted by Crippen LogP contribution is -2.15. The van der Waals surface area contributed by atoms with Crippen molar-refractivity contribution in [3.63, 3.8) is 0 Å². The maximum atomic E-state index is 4.87. The quantitative estimate of drug-likeness (QED) is 0.397. The number of fused-ring (bicyclic) bond motifs is 1. The van der Waals surface area contributed by atoms with Gasteiger partial charge in [0.25, 0.3) is 0 Å². The van der Waals surface area contributed by atoms with Crippen LogP contribution in [0.1, 0.15) is 16.7 Å². The van der Waals surface area contributed by atoms with Crippen molar-refractivity contribution in [1.82, 2.24) is 15.0 Å². The van der Waals surface area contributed by atoms with Crippen molar-refractivity contribution < 1.29 is 0 Å². The van der Waals surface area contributed by atoms with Crippen LogP contribution in [0.25, 0.3) is 11.0 Å². The number of rotatable bonds is 2. The topological polar surface area (TPSA) is 43.1 Å². The molecule has 0 N–H and O–H groups in total. The molecule has 0 aliphatic heterocycles. The zero-order chi connectivity index (χ0) is 17.2. The van der Waals surface area contributed by atoms with E-state index < -0.39 is 0 Å². The predicted molar refractivity (Wildman–Crippen MR) is 101 cm³/mol. The molecule has 4 nitrogen and oxygen atoms in total. The van der Waals surface area contributed by atoms with E-state index in [-0.39, 0.29) is 0 Å². The Morgan fingerprint density at radius 2 is 1.44 bits per heavy atom. The lowest BCUT2D eigenvalue weighted by Gasteiger charge is -2.08. The number of benzene rings is 3. The second-order valence-electron chi connectivity index (χ2n) is 6.13. The maximum Gasteiger partial charge on any atom is 0.163 e. The molecule has 0 aliphatic rings. The van der Waals surface area contributed by atoms with Crippen LogP contribution in [0.5, 0.6) is 0 Å². The molecule has 4 rings (SSSR count). The van der Waals surface area contributed by atoms with E-state index >= 15 is 0 Å². The average molecular weight is 326 g/mol. The molecule has 122 valence electrons. The van der Waals surface area contributed by atoms with Crippen LogP contribution in [-0.2, 0) is 0 Å². The molecule has 0 unspecified atom stereocenters. The Morgan fingerprint density at radius 1 is 0.800 bits per heavy atom. The first kappa shape index (κ1) is 15.3. The summed E-state index contributed by atoms with van der Waals surface area (Å²) in [6.07, 6.45) is 0. The molecule has 25 heavy (non-hydrogen) atoms. The number of aliphatic imine (C=N–C) groups is 1. The SMILES string of the molecule is Cc1ccc(N=C(c2ccc(C)cc2)n2nnc3ccccc32)cc1. The van der Waals surface area contributed by atoms with Crippen LogP contribution in [0.15, 0.2) is 77.8 Å². The molecule has 0 amide bonds. The van der Waals surface area contributed by atoms with E-state index in [4.69, 9.17) is 4.99 Å². The lowest BCUT2D eigenvalue weighted by atomic mass is 10.1. The molecule has 0 saturated carbocycles. The molecule has 3 aromatic carbocycles. The highest BCUT2D eigenvalue weighted by Crippen LogP contribution is 2.19. The van der Waals surface area contributed by atoms with Crippen molar-refractivity contribution >= 4 is 22.6 Å². The van der Waals surface area contributed by atoms with Gasteiger partial charge in [0, 0.05) is 5.56 Å². The normalized spacial score (nSPS) is 11.8. The van der Waals surface area contributed by atoms with Crippen molar-refractivity contribution in [2.45, 2.75) is 13.8 Å². The molecule has 0 fully saturated rings. The van der Waals surface area contributed by atoms with Crippen molar-refractivity contribution in [3.8, 4) is 0 Å². The Balaban J connectivity index is 1.92. The van der Waals surface area contributed by atoms with Gasteiger partial charge in [0.1, 0.15) is 5.52 Å². The van der Waals surface area contributed by atoms with E-state index in [9.17, 15) is 0 Å². The molecule has 0 aliphatic carbocycles. The van der Waals surface area contributed by atoms with Gasteiger partial charge in [-0.05, 0) is 38.1 Å². The van der Waals surface area contributed by atoms with Gasteiger partial charge in [-0.15, -0.1) is 5.10 Å². The standard InChI is InChI=1S/C21H18N4/c1-15-7-11-17(12-8-15)21(22-18-13-9-16(2)10-14-18)25-20-6-4-3-5-19(20)23-24-25/h3-14H,1-2H3. The highest BCUT2D eigenvalue weighted by molar-refractivity contribution is 6.05. The number of hydrogen-bond acceptors (Lipinski definition) is 3. The van der Waals surface area contributed by atoms with Gasteiger partial charge in [0.05, 0.1) is 11.2 Å². The van der Waals surface area contributed by atoms with Gasteiger partial charge >= 0.3 is 0 Å². The van der Waals surface area contributed by atoms with Crippen molar-refractivity contribution in [1.29, 1.82) is 0 Å². The molecule has 4 aromatic rings. The third-order valence-electron chi connectivity index (χ3n) is 4.13. The average Bonchev–Trinajstić information content (AvgIpc) is 3.06. The van der Waals surface area contributed by atoms with Gasteiger partial charge in [0.15, 0.2) is 5.84 Å². The fourth-order valence-electron chi connectivity index (χ4n) is 2.70. The molecule has 0 atom stereocenters. The summed E-state index contributed by atoms with van der Waals surface area (Å²) in [4.78, 5) is 4.87. The molecule has 4 heteroatoms. The smallest absolute Gasteiger partial charge is 0.163 e. The van der Waals surface area contributed by atoms with Crippen LogP contribution in [0.2, 0.25) is 0 Å². The van der Waals surface area contributed by atoms with E-state index in [1.807, 2.05) is 36.4 Å². The Hall–Kier alpha value is -3.27. The van der Waals surface area contributed by atoms with Crippen LogP contribution >= 0.6 is 0 Å². The fourth-order valence-corrected chi connectivity index (χ4v) is 2.70. The second-order valence-corrected chi connectivity index (χ2v) is 6.13. The summed E-state index contributed by atoms with van der Waals surface area (Å²) in [6.45, 7) is 4.14. The largest absolute Gasteiger partial charge is 0.229 e. The first-order chi connectivity index (χ1) is 12.2. The summed E-state index contributed by atoms with van der Waals surface area (Å²) in [5.74, 6) is 0.762. The van der Waals surface area contributed by atoms with Gasteiger partial charge in [-0.25, -0.2) is 4.99 Å². The first-order valence-electron chi connectivity index (χ1n) is 8.24. The third-order valence-corrected chi connectivity index (χ3v) is 4.13. The van der Waals surface area contributed by atoms with E-state index in [0.29, 0.717) is 0 Å². The van der Waals surface area contributed by atoms with Gasteiger partial charge in [0.2, 0.25) is 0 Å². The van der Waals surface area contributed by atoms with Gasteiger partial charge in [-0.2, -0.15) is 4.68 Å². The van der Waals surface area contributed by atoms with Crippen LogP contribution in [0, 0.1) is 13.8 Å². The molecular formula is C21H18N4. The van der Waals surface area contributed by atoms with Crippen LogP contribution in [-0.4, -0.2) is 20.8 Å². The minimum absolute atomic E-state index is 0.762. The van der Waals surface area contributed by atoms with E-state index in [2.05, 4.69) is 60.6 Å². The molecular weight excluding hydrogens is 308 g/mol. The Kier molecular flexibility index (Phi) is 3.86. The summed E-state index contributed by atoms with van der Waals surface area (Å²) in [7, 11) is 0. The third kappa shape index (κ3) is 3.06. The second kappa shape index (κ2) is 6.32. The van der Waals surface area contributed by atoms with E-state index in [1.165, 1.54) is 11.1 Å². The molecule has 0 radical (unpaired) electrons. The number of nitrogens with zero attached hydrogens (tertiary/aromatic N) is 4. The minimum atomic E-state index is 0.762. The van der Waals surface area contributed by atoms with Crippen LogP contribution in [0.4, 0.5) is 5.69 Å². The monoisotopic (exact) mass is 326 g/mol. The first-order valence-corrected chi connectivity index (χ1v) is 8.24. The van der Waals surface area contributed by atoms with Gasteiger partial charge < -0.3 is 0 Å². The zero-order valence-corrected chi connectivity index (χ0v) is 14.2. The molecule has 1 aromatic heterocycles. The number of aromatic nitrogens is 3. The van der Waals surface area contributed by atoms with E-state index in [1.54, 1.807) is 4.68 Å². The maximum absolute atomic E-state index is 4.87. The summed E-state index contributed by atoms with van der Waals surface area (Å²) in [5, 5.41) is 8.61. The van der Waals surface area contributed by atoms with Crippen molar-refractivity contribution in [3.05, 3.63) is 89.5 Å². The zero-order valence-electron chi connectivity index (χ0n) is 14.2. The van der Waals surface area contributed by atoms with Gasteiger partial charge in [-0.3, -0.25) is 0 Å².